The Bertz CT molecular complexity index is 204. The van der Waals surface area contributed by atoms with E-state index in [2.05, 4.69) is 11.9 Å². The fourth-order valence-corrected chi connectivity index (χ4v) is 2.22. The zero-order valence-corrected chi connectivity index (χ0v) is 11.3. The van der Waals surface area contributed by atoms with E-state index in [4.69, 9.17) is 10.5 Å². The Morgan fingerprint density at radius 2 is 2.24 bits per heavy atom. The molecule has 0 spiro atoms. The number of ether oxygens (including phenoxy) is 1. The Morgan fingerprint density at radius 1 is 1.47 bits per heavy atom. The second-order valence-corrected chi connectivity index (χ2v) is 5.56. The van der Waals surface area contributed by atoms with Crippen LogP contribution in [0.3, 0.4) is 0 Å². The van der Waals surface area contributed by atoms with Crippen molar-refractivity contribution in [2.24, 2.45) is 5.73 Å². The lowest BCUT2D eigenvalue weighted by molar-refractivity contribution is -0.00306. The second kappa shape index (κ2) is 7.31. The summed E-state index contributed by atoms with van der Waals surface area (Å²) in [5, 5.41) is 9.79. The third kappa shape index (κ3) is 6.36. The molecule has 4 nitrogen and oxygen atoms in total. The van der Waals surface area contributed by atoms with Crippen molar-refractivity contribution < 1.29 is 9.84 Å². The molecule has 0 aliphatic carbocycles. The largest absolute Gasteiger partial charge is 0.389 e. The lowest BCUT2D eigenvalue weighted by Gasteiger charge is -2.28. The van der Waals surface area contributed by atoms with Crippen molar-refractivity contribution in [2.75, 3.05) is 33.3 Å². The molecule has 0 saturated carbocycles. The van der Waals surface area contributed by atoms with E-state index in [-0.39, 0.29) is 0 Å². The van der Waals surface area contributed by atoms with Crippen LogP contribution in [0.2, 0.25) is 0 Å². The minimum Gasteiger partial charge on any atom is -0.389 e. The SMILES string of the molecule is CN(CCCC(C)(O)CN)CC1CCCCO1. The van der Waals surface area contributed by atoms with E-state index in [9.17, 15) is 5.11 Å². The number of nitrogens with zero attached hydrogens (tertiary/aromatic N) is 1. The van der Waals surface area contributed by atoms with Gasteiger partial charge < -0.3 is 20.5 Å². The van der Waals surface area contributed by atoms with Gasteiger partial charge >= 0.3 is 0 Å². The molecule has 1 rings (SSSR count). The highest BCUT2D eigenvalue weighted by Gasteiger charge is 2.19. The number of hydrogen-bond acceptors (Lipinski definition) is 4. The van der Waals surface area contributed by atoms with Crippen LogP contribution in [0.1, 0.15) is 39.0 Å². The first-order valence-electron chi connectivity index (χ1n) is 6.76. The van der Waals surface area contributed by atoms with E-state index in [1.54, 1.807) is 6.92 Å². The fraction of sp³-hybridized carbons (Fsp3) is 1.00. The van der Waals surface area contributed by atoms with Gasteiger partial charge in [-0.05, 0) is 52.6 Å². The summed E-state index contributed by atoms with van der Waals surface area (Å²) in [5.41, 5.74) is 4.78. The molecule has 1 fully saturated rings. The van der Waals surface area contributed by atoms with Crippen LogP contribution in [-0.4, -0.2) is 55.0 Å². The molecule has 0 amide bonds. The van der Waals surface area contributed by atoms with Crippen molar-refractivity contribution >= 4 is 0 Å². The van der Waals surface area contributed by atoms with Gasteiger partial charge in [0, 0.05) is 19.7 Å². The van der Waals surface area contributed by atoms with Gasteiger partial charge in [-0.15, -0.1) is 0 Å². The maximum Gasteiger partial charge on any atom is 0.0741 e. The van der Waals surface area contributed by atoms with Gasteiger partial charge in [-0.2, -0.15) is 0 Å². The topological polar surface area (TPSA) is 58.7 Å². The summed E-state index contributed by atoms with van der Waals surface area (Å²) in [7, 11) is 2.12. The highest BCUT2D eigenvalue weighted by atomic mass is 16.5. The van der Waals surface area contributed by atoms with Crippen LogP contribution in [0.25, 0.3) is 0 Å². The van der Waals surface area contributed by atoms with E-state index in [1.807, 2.05) is 0 Å². The number of aliphatic hydroxyl groups is 1. The molecule has 3 N–H and O–H groups in total. The van der Waals surface area contributed by atoms with Gasteiger partial charge in [-0.3, -0.25) is 0 Å². The molecule has 2 unspecified atom stereocenters. The van der Waals surface area contributed by atoms with E-state index < -0.39 is 5.60 Å². The van der Waals surface area contributed by atoms with Crippen molar-refractivity contribution in [2.45, 2.75) is 50.7 Å². The summed E-state index contributed by atoms with van der Waals surface area (Å²) in [6, 6.07) is 0. The molecule has 0 aromatic carbocycles. The lowest BCUT2D eigenvalue weighted by atomic mass is 10.0. The predicted molar refractivity (Wildman–Crippen MR) is 70.0 cm³/mol. The van der Waals surface area contributed by atoms with Crippen LogP contribution in [0, 0.1) is 0 Å². The first kappa shape index (κ1) is 14.9. The van der Waals surface area contributed by atoms with Crippen LogP contribution in [0.15, 0.2) is 0 Å². The molecule has 17 heavy (non-hydrogen) atoms. The number of hydrogen-bond donors (Lipinski definition) is 2. The summed E-state index contributed by atoms with van der Waals surface area (Å²) >= 11 is 0. The third-order valence-corrected chi connectivity index (χ3v) is 3.48. The van der Waals surface area contributed by atoms with Gasteiger partial charge in [0.05, 0.1) is 11.7 Å². The summed E-state index contributed by atoms with van der Waals surface area (Å²) in [6.45, 7) is 5.06. The van der Waals surface area contributed by atoms with Gasteiger partial charge in [0.1, 0.15) is 0 Å². The molecule has 0 aromatic rings. The monoisotopic (exact) mass is 244 g/mol. The maximum atomic E-state index is 9.79. The van der Waals surface area contributed by atoms with E-state index in [1.165, 1.54) is 19.3 Å². The molecule has 1 aliphatic heterocycles. The molecule has 1 heterocycles. The molecule has 1 aliphatic rings. The molecule has 0 radical (unpaired) electrons. The molecule has 0 bridgehead atoms. The molecular formula is C13H28N2O2. The molecule has 4 heteroatoms. The van der Waals surface area contributed by atoms with E-state index in [0.29, 0.717) is 12.6 Å². The van der Waals surface area contributed by atoms with Gasteiger partial charge in [-0.1, -0.05) is 0 Å². The minimum atomic E-state index is -0.706. The van der Waals surface area contributed by atoms with Crippen molar-refractivity contribution in [1.82, 2.24) is 4.90 Å². The third-order valence-electron chi connectivity index (χ3n) is 3.48. The first-order valence-corrected chi connectivity index (χ1v) is 6.76. The van der Waals surface area contributed by atoms with Crippen molar-refractivity contribution in [3.8, 4) is 0 Å². The van der Waals surface area contributed by atoms with Gasteiger partial charge in [0.25, 0.3) is 0 Å². The quantitative estimate of drug-likeness (QED) is 0.701. The average molecular weight is 244 g/mol. The Balaban J connectivity index is 2.10. The summed E-state index contributed by atoms with van der Waals surface area (Å²) in [5.74, 6) is 0. The maximum absolute atomic E-state index is 9.79. The number of likely N-dealkylation sites (N-methyl/N-ethyl adjacent to an activating group) is 1. The zero-order valence-electron chi connectivity index (χ0n) is 11.3. The minimum absolute atomic E-state index is 0.336. The van der Waals surface area contributed by atoms with Crippen LogP contribution in [0.4, 0.5) is 0 Å². The average Bonchev–Trinajstić information content (AvgIpc) is 2.30. The van der Waals surface area contributed by atoms with Crippen molar-refractivity contribution in [1.29, 1.82) is 0 Å². The molecule has 102 valence electrons. The molecular weight excluding hydrogens is 216 g/mol. The van der Waals surface area contributed by atoms with E-state index in [0.717, 1.165) is 32.5 Å². The van der Waals surface area contributed by atoms with Gasteiger partial charge in [0.2, 0.25) is 0 Å². The molecule has 1 saturated heterocycles. The summed E-state index contributed by atoms with van der Waals surface area (Å²) in [6.07, 6.45) is 5.83. The zero-order chi connectivity index (χ0) is 12.7. The Morgan fingerprint density at radius 3 is 2.82 bits per heavy atom. The van der Waals surface area contributed by atoms with Crippen molar-refractivity contribution in [3.63, 3.8) is 0 Å². The second-order valence-electron chi connectivity index (χ2n) is 5.56. The van der Waals surface area contributed by atoms with Crippen LogP contribution in [0.5, 0.6) is 0 Å². The van der Waals surface area contributed by atoms with Crippen LogP contribution in [-0.2, 0) is 4.74 Å². The highest BCUT2D eigenvalue weighted by molar-refractivity contribution is 4.74. The standard InChI is InChI=1S/C13H28N2O2/c1-13(16,11-14)7-5-8-15(2)10-12-6-3-4-9-17-12/h12,16H,3-11,14H2,1-2H3. The van der Waals surface area contributed by atoms with E-state index >= 15 is 0 Å². The first-order chi connectivity index (χ1) is 8.03. The normalized spacial score (nSPS) is 24.9. The van der Waals surface area contributed by atoms with Gasteiger partial charge in [-0.25, -0.2) is 0 Å². The van der Waals surface area contributed by atoms with Crippen molar-refractivity contribution in [3.05, 3.63) is 0 Å². The smallest absolute Gasteiger partial charge is 0.0741 e. The Hall–Kier alpha value is -0.160. The molecule has 0 aromatic heterocycles. The molecule has 2 atom stereocenters. The summed E-state index contributed by atoms with van der Waals surface area (Å²) in [4.78, 5) is 2.29. The Kier molecular flexibility index (Phi) is 6.41. The van der Waals surface area contributed by atoms with Gasteiger partial charge in [0.15, 0.2) is 0 Å². The van der Waals surface area contributed by atoms with Crippen LogP contribution >= 0.6 is 0 Å². The lowest BCUT2D eigenvalue weighted by Crippen LogP contribution is -2.37. The Labute approximate surface area is 105 Å². The van der Waals surface area contributed by atoms with Crippen LogP contribution < -0.4 is 5.73 Å². The number of rotatable bonds is 7. The number of nitrogens with two attached hydrogens (primary N) is 1. The highest BCUT2D eigenvalue weighted by Crippen LogP contribution is 2.14. The predicted octanol–water partition coefficient (Wildman–Crippen LogP) is 0.977. The summed E-state index contributed by atoms with van der Waals surface area (Å²) < 4.78 is 5.71. The fourth-order valence-electron chi connectivity index (χ4n) is 2.22.